The van der Waals surface area contributed by atoms with Crippen LogP contribution >= 0.6 is 43.5 Å². The maximum absolute atomic E-state index is 13.8. The minimum atomic E-state index is -0.418. The van der Waals surface area contributed by atoms with E-state index in [2.05, 4.69) is 36.8 Å². The van der Waals surface area contributed by atoms with E-state index in [4.69, 9.17) is 16.7 Å². The summed E-state index contributed by atoms with van der Waals surface area (Å²) >= 11 is 13.5. The Morgan fingerprint density at radius 1 is 0.872 bits per heavy atom. The number of benzene rings is 4. The second-order valence-electron chi connectivity index (χ2n) is 9.21. The molecule has 0 saturated carbocycles. The summed E-state index contributed by atoms with van der Waals surface area (Å²) in [6, 6.07) is 29.8. The van der Waals surface area contributed by atoms with Gasteiger partial charge < -0.3 is 4.98 Å². The van der Waals surface area contributed by atoms with Gasteiger partial charge in [0.25, 0.3) is 11.5 Å². The molecule has 192 valence electrons. The first-order chi connectivity index (χ1) is 18.9. The Kier molecular flexibility index (Phi) is 6.97. The first-order valence-corrected chi connectivity index (χ1v) is 14.2. The predicted octanol–water partition coefficient (Wildman–Crippen LogP) is 8.37. The van der Waals surface area contributed by atoms with Gasteiger partial charge in [-0.1, -0.05) is 98.1 Å². The van der Waals surface area contributed by atoms with E-state index in [0.29, 0.717) is 28.3 Å². The lowest BCUT2D eigenvalue weighted by molar-refractivity contribution is 0.0711. The Labute approximate surface area is 246 Å². The number of H-pyrrole nitrogens is 1. The van der Waals surface area contributed by atoms with Crippen molar-refractivity contribution in [2.24, 2.45) is 5.10 Å². The van der Waals surface area contributed by atoms with Gasteiger partial charge >= 0.3 is 0 Å². The summed E-state index contributed by atoms with van der Waals surface area (Å²) in [5, 5.41) is 7.51. The number of carbonyl (C=O) groups is 1. The Morgan fingerprint density at radius 3 is 2.31 bits per heavy atom. The number of halogens is 3. The molecule has 1 aliphatic heterocycles. The Hall–Kier alpha value is -3.52. The Balaban J connectivity index is 1.58. The quantitative estimate of drug-likeness (QED) is 0.210. The van der Waals surface area contributed by atoms with Gasteiger partial charge in [0.1, 0.15) is 0 Å². The van der Waals surface area contributed by atoms with Crippen molar-refractivity contribution >= 4 is 66.0 Å². The summed E-state index contributed by atoms with van der Waals surface area (Å²) in [6.45, 7) is 0. The molecule has 39 heavy (non-hydrogen) atoms. The summed E-state index contributed by atoms with van der Waals surface area (Å²) < 4.78 is 1.82. The summed E-state index contributed by atoms with van der Waals surface area (Å²) in [5.74, 6) is -0.329. The lowest BCUT2D eigenvalue weighted by atomic mass is 9.91. The molecule has 0 spiro atoms. The van der Waals surface area contributed by atoms with Gasteiger partial charge in [0.05, 0.1) is 27.9 Å². The normalized spacial score (nSPS) is 15.0. The van der Waals surface area contributed by atoms with Gasteiger partial charge in [-0.05, 0) is 53.6 Å². The van der Waals surface area contributed by atoms with Gasteiger partial charge in [0.15, 0.2) is 0 Å². The molecule has 1 aromatic heterocycles. The lowest BCUT2D eigenvalue weighted by Crippen LogP contribution is -2.27. The highest BCUT2D eigenvalue weighted by Crippen LogP contribution is 2.38. The van der Waals surface area contributed by atoms with E-state index >= 15 is 0 Å². The number of carbonyl (C=O) groups excluding carboxylic acids is 1. The number of rotatable bonds is 4. The van der Waals surface area contributed by atoms with E-state index in [0.717, 1.165) is 36.5 Å². The molecule has 1 aliphatic rings. The highest BCUT2D eigenvalue weighted by Gasteiger charge is 2.36. The molecule has 4 aromatic carbocycles. The molecular formula is C31H20Br2ClN3O2. The zero-order chi connectivity index (χ0) is 27.1. The molecule has 5 nitrogen and oxygen atoms in total. The molecule has 0 fully saturated rings. The second-order valence-corrected chi connectivity index (χ2v) is 11.4. The zero-order valence-corrected chi connectivity index (χ0v) is 24.3. The molecule has 0 bridgehead atoms. The van der Waals surface area contributed by atoms with Crippen molar-refractivity contribution in [3.63, 3.8) is 0 Å². The van der Waals surface area contributed by atoms with E-state index < -0.39 is 6.04 Å². The number of aromatic nitrogens is 1. The molecule has 0 radical (unpaired) electrons. The molecular weight excluding hydrogens is 642 g/mol. The van der Waals surface area contributed by atoms with Gasteiger partial charge in [-0.15, -0.1) is 0 Å². The van der Waals surface area contributed by atoms with Crippen LogP contribution in [0.1, 0.15) is 33.9 Å². The van der Waals surface area contributed by atoms with Crippen LogP contribution in [0.25, 0.3) is 22.0 Å². The van der Waals surface area contributed by atoms with Crippen LogP contribution in [0.15, 0.2) is 116 Å². The highest BCUT2D eigenvalue weighted by molar-refractivity contribution is 9.10. The maximum Gasteiger partial charge on any atom is 0.276 e. The molecule has 8 heteroatoms. The number of aromatic amines is 1. The number of nitrogens with zero attached hydrogens (tertiary/aromatic N) is 2. The third kappa shape index (κ3) is 4.86. The smallest absolute Gasteiger partial charge is 0.276 e. The van der Waals surface area contributed by atoms with Crippen LogP contribution in [0, 0.1) is 0 Å². The minimum absolute atomic E-state index is 0.260. The number of fused-ring (bicyclic) bond motifs is 1. The largest absolute Gasteiger partial charge is 0.321 e. The van der Waals surface area contributed by atoms with Crippen LogP contribution in [0.3, 0.4) is 0 Å². The number of amides is 1. The third-order valence-electron chi connectivity index (χ3n) is 6.80. The van der Waals surface area contributed by atoms with Gasteiger partial charge in [0, 0.05) is 31.8 Å². The molecule has 1 amide bonds. The fourth-order valence-corrected chi connectivity index (χ4v) is 5.84. The minimum Gasteiger partial charge on any atom is -0.321 e. The Morgan fingerprint density at radius 2 is 1.56 bits per heavy atom. The maximum atomic E-state index is 13.8. The number of nitrogens with one attached hydrogen (secondary N) is 1. The molecule has 2 heterocycles. The zero-order valence-electron chi connectivity index (χ0n) is 20.4. The summed E-state index contributed by atoms with van der Waals surface area (Å²) in [6.07, 6.45) is 0.361. The highest BCUT2D eigenvalue weighted by atomic mass is 79.9. The van der Waals surface area contributed by atoms with Gasteiger partial charge in [-0.25, -0.2) is 5.01 Å². The number of pyridine rings is 1. The first kappa shape index (κ1) is 25.7. The predicted molar refractivity (Wildman–Crippen MR) is 163 cm³/mol. The van der Waals surface area contributed by atoms with Crippen LogP contribution in [0.4, 0.5) is 0 Å². The average molecular weight is 662 g/mol. The van der Waals surface area contributed by atoms with E-state index in [9.17, 15) is 9.59 Å². The van der Waals surface area contributed by atoms with Crippen molar-refractivity contribution in [3.8, 4) is 11.1 Å². The van der Waals surface area contributed by atoms with Crippen molar-refractivity contribution in [2.75, 3.05) is 0 Å². The lowest BCUT2D eigenvalue weighted by Gasteiger charge is -2.22. The third-order valence-corrected chi connectivity index (χ3v) is 8.16. The number of hydrogen-bond donors (Lipinski definition) is 1. The monoisotopic (exact) mass is 659 g/mol. The van der Waals surface area contributed by atoms with Gasteiger partial charge in [-0.3, -0.25) is 9.59 Å². The topological polar surface area (TPSA) is 65.5 Å². The van der Waals surface area contributed by atoms with Crippen molar-refractivity contribution in [2.45, 2.75) is 12.5 Å². The molecule has 1 N–H and O–H groups in total. The van der Waals surface area contributed by atoms with Gasteiger partial charge in [-0.2, -0.15) is 5.10 Å². The van der Waals surface area contributed by atoms with Gasteiger partial charge in [0.2, 0.25) is 0 Å². The molecule has 1 unspecified atom stereocenters. The van der Waals surface area contributed by atoms with Crippen LogP contribution in [0.2, 0.25) is 5.02 Å². The van der Waals surface area contributed by atoms with E-state index in [1.54, 1.807) is 24.3 Å². The average Bonchev–Trinajstić information content (AvgIpc) is 3.38. The van der Waals surface area contributed by atoms with Crippen molar-refractivity contribution < 1.29 is 4.79 Å². The molecule has 0 saturated heterocycles. The van der Waals surface area contributed by atoms with Crippen molar-refractivity contribution in [1.29, 1.82) is 0 Å². The van der Waals surface area contributed by atoms with E-state index in [1.807, 2.05) is 72.8 Å². The fraction of sp³-hybridized carbons (Fsp3) is 0.0645. The number of hydrogen-bond acceptors (Lipinski definition) is 3. The standard InChI is InChI=1S/C31H20Br2ClN3O2/c32-20-12-10-18(11-13-20)27-17-26(36-37(27)31(39)22-8-4-5-9-24(22)34)29-28(19-6-2-1-3-7-19)23-16-21(33)14-15-25(23)35-30(29)38/h1-16,27H,17H2,(H,35,38). The van der Waals surface area contributed by atoms with Crippen LogP contribution in [0.5, 0.6) is 0 Å². The van der Waals surface area contributed by atoms with Crippen molar-refractivity contribution in [3.05, 3.63) is 138 Å². The van der Waals surface area contributed by atoms with Crippen molar-refractivity contribution in [1.82, 2.24) is 9.99 Å². The summed E-state index contributed by atoms with van der Waals surface area (Å²) in [7, 11) is 0. The fourth-order valence-electron chi connectivity index (χ4n) is 5.00. The summed E-state index contributed by atoms with van der Waals surface area (Å²) in [5.41, 5.74) is 4.36. The van der Waals surface area contributed by atoms with E-state index in [1.165, 1.54) is 5.01 Å². The van der Waals surface area contributed by atoms with Crippen LogP contribution in [-0.4, -0.2) is 21.6 Å². The first-order valence-electron chi connectivity index (χ1n) is 12.2. The SMILES string of the molecule is O=C(c1ccccc1Cl)N1N=C(c2c(-c3ccccc3)c3cc(Br)ccc3[nH]c2=O)CC1c1ccc(Br)cc1. The Bertz CT molecular complexity index is 1820. The summed E-state index contributed by atoms with van der Waals surface area (Å²) in [4.78, 5) is 30.6. The van der Waals surface area contributed by atoms with Crippen LogP contribution < -0.4 is 5.56 Å². The second kappa shape index (κ2) is 10.6. The molecule has 5 aromatic rings. The molecule has 6 rings (SSSR count). The molecule has 0 aliphatic carbocycles. The molecule has 1 atom stereocenters. The van der Waals surface area contributed by atoms with Crippen LogP contribution in [-0.2, 0) is 0 Å². The van der Waals surface area contributed by atoms with E-state index in [-0.39, 0.29) is 11.5 Å². The number of hydrazone groups is 1.